The third-order valence-electron chi connectivity index (χ3n) is 6.37. The van der Waals surface area contributed by atoms with E-state index in [2.05, 4.69) is 26.8 Å². The Morgan fingerprint density at radius 3 is 2.58 bits per heavy atom. The highest BCUT2D eigenvalue weighted by Gasteiger charge is 2.20. The predicted octanol–water partition coefficient (Wildman–Crippen LogP) is 3.57. The Morgan fingerprint density at radius 1 is 0.921 bits per heavy atom. The number of aromatic nitrogens is 7. The molecule has 0 saturated heterocycles. The van der Waals surface area contributed by atoms with Gasteiger partial charge in [-0.05, 0) is 55.2 Å². The quantitative estimate of drug-likeness (QED) is 0.371. The molecular weight excluding hydrogens is 476 g/mol. The Balaban J connectivity index is 1.58. The molecule has 184 valence electrons. The largest absolute Gasteiger partial charge is 0.383 e. The van der Waals surface area contributed by atoms with Gasteiger partial charge in [0.1, 0.15) is 30.2 Å². The zero-order chi connectivity index (χ0) is 26.2. The fourth-order valence-electron chi connectivity index (χ4n) is 4.54. The maximum absolute atomic E-state index is 13.9. The van der Waals surface area contributed by atoms with Gasteiger partial charge in [0.25, 0.3) is 5.56 Å². The second-order valence-electron chi connectivity index (χ2n) is 8.88. The fraction of sp³-hybridized carbons (Fsp3) is 0.103. The first kappa shape index (κ1) is 23.1. The molecule has 0 atom stereocenters. The number of nitrogen functional groups attached to an aromatic ring is 1. The van der Waals surface area contributed by atoms with E-state index in [1.165, 1.54) is 6.33 Å². The van der Waals surface area contributed by atoms with E-state index in [0.29, 0.717) is 33.5 Å². The molecule has 9 nitrogen and oxygen atoms in total. The summed E-state index contributed by atoms with van der Waals surface area (Å²) in [4.78, 5) is 31.5. The van der Waals surface area contributed by atoms with Crippen molar-refractivity contribution in [2.75, 3.05) is 5.73 Å². The SMILES string of the molecule is Cc1ccccc1-n1c(Cn2nc(C#Cc3cccnc3)c3c(N)ncnc32)nc2cccc(C)c2c1=O. The highest BCUT2D eigenvalue weighted by atomic mass is 16.1. The van der Waals surface area contributed by atoms with Crippen LogP contribution in [0.1, 0.15) is 28.2 Å². The van der Waals surface area contributed by atoms with Gasteiger partial charge in [-0.15, -0.1) is 0 Å². The van der Waals surface area contributed by atoms with E-state index in [1.807, 2.05) is 68.4 Å². The van der Waals surface area contributed by atoms with Gasteiger partial charge >= 0.3 is 0 Å². The molecule has 2 aromatic carbocycles. The molecule has 0 unspecified atom stereocenters. The molecule has 0 bridgehead atoms. The summed E-state index contributed by atoms with van der Waals surface area (Å²) in [7, 11) is 0. The summed E-state index contributed by atoms with van der Waals surface area (Å²) >= 11 is 0. The first-order chi connectivity index (χ1) is 18.5. The van der Waals surface area contributed by atoms with Gasteiger partial charge in [-0.1, -0.05) is 36.3 Å². The van der Waals surface area contributed by atoms with E-state index in [0.717, 1.165) is 22.4 Å². The molecule has 0 radical (unpaired) electrons. The summed E-state index contributed by atoms with van der Waals surface area (Å²) in [6, 6.07) is 17.1. The summed E-state index contributed by atoms with van der Waals surface area (Å²) in [5, 5.41) is 5.86. The van der Waals surface area contributed by atoms with Crippen molar-refractivity contribution in [3.05, 3.63) is 112 Å². The van der Waals surface area contributed by atoms with Gasteiger partial charge in [-0.25, -0.2) is 19.6 Å². The first-order valence-corrected chi connectivity index (χ1v) is 12.0. The number of anilines is 1. The monoisotopic (exact) mass is 498 g/mol. The van der Waals surface area contributed by atoms with Crippen molar-refractivity contribution < 1.29 is 0 Å². The van der Waals surface area contributed by atoms with Crippen LogP contribution in [0, 0.1) is 25.7 Å². The van der Waals surface area contributed by atoms with Crippen molar-refractivity contribution in [3.8, 4) is 17.5 Å². The maximum atomic E-state index is 13.9. The Bertz CT molecular complexity index is 1960. The molecule has 6 aromatic rings. The molecule has 0 fully saturated rings. The van der Waals surface area contributed by atoms with Gasteiger partial charge < -0.3 is 5.73 Å². The van der Waals surface area contributed by atoms with Gasteiger partial charge in [0.15, 0.2) is 5.65 Å². The summed E-state index contributed by atoms with van der Waals surface area (Å²) in [5.74, 6) is 6.94. The number of nitrogens with zero attached hydrogens (tertiary/aromatic N) is 7. The van der Waals surface area contributed by atoms with Crippen molar-refractivity contribution in [1.29, 1.82) is 0 Å². The van der Waals surface area contributed by atoms with Crippen molar-refractivity contribution in [2.45, 2.75) is 20.4 Å². The minimum absolute atomic E-state index is 0.139. The summed E-state index contributed by atoms with van der Waals surface area (Å²) in [6.45, 7) is 4.05. The van der Waals surface area contributed by atoms with Crippen LogP contribution >= 0.6 is 0 Å². The lowest BCUT2D eigenvalue weighted by atomic mass is 10.1. The van der Waals surface area contributed by atoms with Crippen LogP contribution in [-0.4, -0.2) is 34.3 Å². The molecule has 6 rings (SSSR count). The lowest BCUT2D eigenvalue weighted by Crippen LogP contribution is -2.26. The van der Waals surface area contributed by atoms with Crippen LogP contribution in [0.4, 0.5) is 5.82 Å². The minimum Gasteiger partial charge on any atom is -0.383 e. The number of hydrogen-bond donors (Lipinski definition) is 1. The molecule has 0 amide bonds. The van der Waals surface area contributed by atoms with E-state index in [4.69, 9.17) is 15.8 Å². The van der Waals surface area contributed by atoms with Crippen LogP contribution in [0.25, 0.3) is 27.6 Å². The zero-order valence-electron chi connectivity index (χ0n) is 20.8. The van der Waals surface area contributed by atoms with Crippen molar-refractivity contribution >= 4 is 27.8 Å². The molecule has 2 N–H and O–H groups in total. The average Bonchev–Trinajstić information content (AvgIpc) is 3.27. The minimum atomic E-state index is -0.139. The molecule has 4 heterocycles. The number of nitrogens with two attached hydrogens (primary N) is 1. The van der Waals surface area contributed by atoms with Crippen molar-refractivity contribution in [1.82, 2.24) is 34.3 Å². The lowest BCUT2D eigenvalue weighted by Gasteiger charge is -2.16. The topological polar surface area (TPSA) is 117 Å². The van der Waals surface area contributed by atoms with Crippen LogP contribution in [0.2, 0.25) is 0 Å². The Hall–Kier alpha value is -5.36. The number of benzene rings is 2. The smallest absolute Gasteiger partial charge is 0.266 e. The molecule has 4 aromatic heterocycles. The normalized spacial score (nSPS) is 11.0. The van der Waals surface area contributed by atoms with Crippen LogP contribution in [0.3, 0.4) is 0 Å². The van der Waals surface area contributed by atoms with E-state index >= 15 is 0 Å². The van der Waals surface area contributed by atoms with Crippen LogP contribution < -0.4 is 11.3 Å². The second-order valence-corrected chi connectivity index (χ2v) is 8.88. The maximum Gasteiger partial charge on any atom is 0.266 e. The molecule has 0 aliphatic heterocycles. The molecule has 0 aliphatic carbocycles. The number of aryl methyl sites for hydroxylation is 2. The molecule has 0 spiro atoms. The summed E-state index contributed by atoms with van der Waals surface area (Å²) in [6.07, 6.45) is 4.75. The average molecular weight is 499 g/mol. The Labute approximate surface area is 217 Å². The number of fused-ring (bicyclic) bond motifs is 2. The Kier molecular flexibility index (Phi) is 5.62. The van der Waals surface area contributed by atoms with E-state index in [1.54, 1.807) is 21.6 Å². The third kappa shape index (κ3) is 3.94. The molecule has 0 saturated carbocycles. The van der Waals surface area contributed by atoms with Gasteiger partial charge in [0.2, 0.25) is 0 Å². The summed E-state index contributed by atoms with van der Waals surface area (Å²) < 4.78 is 3.32. The standard InChI is InChI=1S/C29H22N8O/c1-18-7-3-4-11-23(18)37-24(34-21-10-5-8-19(2)25(21)29(37)38)16-36-28-26(27(30)32-17-33-28)22(35-36)13-12-20-9-6-14-31-15-20/h3-11,14-15,17H,16H2,1-2H3,(H2,30,32,33). The Morgan fingerprint density at radius 2 is 1.76 bits per heavy atom. The number of para-hydroxylation sites is 1. The second kappa shape index (κ2) is 9.26. The van der Waals surface area contributed by atoms with E-state index < -0.39 is 0 Å². The van der Waals surface area contributed by atoms with E-state index in [9.17, 15) is 4.79 Å². The van der Waals surface area contributed by atoms with Crippen molar-refractivity contribution in [3.63, 3.8) is 0 Å². The first-order valence-electron chi connectivity index (χ1n) is 12.0. The van der Waals surface area contributed by atoms with Crippen molar-refractivity contribution in [2.24, 2.45) is 0 Å². The van der Waals surface area contributed by atoms with Gasteiger partial charge in [-0.2, -0.15) is 5.10 Å². The number of pyridine rings is 1. The molecule has 9 heteroatoms. The fourth-order valence-corrected chi connectivity index (χ4v) is 4.54. The third-order valence-corrected chi connectivity index (χ3v) is 6.37. The molecular formula is C29H22N8O. The van der Waals surface area contributed by atoms with Gasteiger partial charge in [-0.3, -0.25) is 14.3 Å². The van der Waals surface area contributed by atoms with Gasteiger partial charge in [0, 0.05) is 18.0 Å². The van der Waals surface area contributed by atoms with Gasteiger partial charge in [0.05, 0.1) is 22.0 Å². The zero-order valence-corrected chi connectivity index (χ0v) is 20.8. The van der Waals surface area contributed by atoms with Crippen LogP contribution in [-0.2, 0) is 6.54 Å². The number of hydrogen-bond acceptors (Lipinski definition) is 7. The number of rotatable bonds is 3. The molecule has 38 heavy (non-hydrogen) atoms. The molecule has 0 aliphatic rings. The highest BCUT2D eigenvalue weighted by molar-refractivity contribution is 5.90. The van der Waals surface area contributed by atoms with Crippen LogP contribution in [0.5, 0.6) is 0 Å². The lowest BCUT2D eigenvalue weighted by molar-refractivity contribution is 0.647. The highest BCUT2D eigenvalue weighted by Crippen LogP contribution is 2.23. The predicted molar refractivity (Wildman–Crippen MR) is 146 cm³/mol. The summed E-state index contributed by atoms with van der Waals surface area (Å²) in [5.41, 5.74) is 11.0. The van der Waals surface area contributed by atoms with Crippen LogP contribution in [0.15, 0.2) is 78.1 Å². The van der Waals surface area contributed by atoms with E-state index in [-0.39, 0.29) is 17.9 Å².